The second-order valence-corrected chi connectivity index (χ2v) is 6.49. The maximum atomic E-state index is 12.5. The highest BCUT2D eigenvalue weighted by molar-refractivity contribution is 7.81. The number of hydrogen-bond acceptors (Lipinski definition) is 6. The predicted octanol–water partition coefficient (Wildman–Crippen LogP) is 1.22. The van der Waals surface area contributed by atoms with Crippen LogP contribution in [0.25, 0.3) is 0 Å². The van der Waals surface area contributed by atoms with E-state index in [1.165, 1.54) is 6.20 Å². The van der Waals surface area contributed by atoms with Gasteiger partial charge in [-0.05, 0) is 26.3 Å². The van der Waals surface area contributed by atoms with E-state index in [2.05, 4.69) is 14.5 Å². The van der Waals surface area contributed by atoms with Gasteiger partial charge in [0.15, 0.2) is 5.75 Å². The van der Waals surface area contributed by atoms with Crippen molar-refractivity contribution < 1.29 is 26.0 Å². The molecule has 0 aromatic carbocycles. The molecule has 1 atom stereocenters. The van der Waals surface area contributed by atoms with Gasteiger partial charge < -0.3 is 14.2 Å². The van der Waals surface area contributed by atoms with E-state index < -0.39 is 16.4 Å². The number of ether oxygens (including phenoxy) is 1. The second-order valence-electron chi connectivity index (χ2n) is 5.53. The molecule has 2 heterocycles. The third-order valence-electron chi connectivity index (χ3n) is 3.60. The van der Waals surface area contributed by atoms with Crippen LogP contribution in [0.1, 0.15) is 30.6 Å². The molecular formula is C13H17FN2O5S. The van der Waals surface area contributed by atoms with Gasteiger partial charge in [0, 0.05) is 25.3 Å². The lowest BCUT2D eigenvalue weighted by atomic mass is 9.91. The number of pyridine rings is 1. The number of amides is 1. The van der Waals surface area contributed by atoms with Crippen LogP contribution >= 0.6 is 0 Å². The number of aromatic nitrogens is 1. The van der Waals surface area contributed by atoms with Crippen molar-refractivity contribution in [2.45, 2.75) is 25.9 Å². The standard InChI is InChI=1S/C13H17FN2O5S/c1-13(2)10(3-4-20-13)7-16-12(17)9-5-11(8-15-6-9)21-22(14,18)19/h5-6,8,10H,3-4,7H2,1-2H3,(H,16,17). The topological polar surface area (TPSA) is 94.6 Å². The molecule has 7 nitrogen and oxygen atoms in total. The van der Waals surface area contributed by atoms with Gasteiger partial charge in [0.05, 0.1) is 17.4 Å². The Morgan fingerprint density at radius 3 is 2.86 bits per heavy atom. The number of nitrogens with one attached hydrogen (secondary N) is 1. The molecule has 0 bridgehead atoms. The Morgan fingerprint density at radius 1 is 1.55 bits per heavy atom. The van der Waals surface area contributed by atoms with Crippen LogP contribution in [0.5, 0.6) is 5.75 Å². The Hall–Kier alpha value is -1.74. The fraction of sp³-hybridized carbons (Fsp3) is 0.538. The molecule has 22 heavy (non-hydrogen) atoms. The molecule has 1 N–H and O–H groups in total. The minimum atomic E-state index is -5.15. The average molecular weight is 332 g/mol. The van der Waals surface area contributed by atoms with Crippen molar-refractivity contribution in [2.75, 3.05) is 13.2 Å². The first-order chi connectivity index (χ1) is 10.2. The van der Waals surface area contributed by atoms with Crippen molar-refractivity contribution in [1.82, 2.24) is 10.3 Å². The summed E-state index contributed by atoms with van der Waals surface area (Å²) in [7, 11) is -5.15. The fourth-order valence-corrected chi connectivity index (χ4v) is 2.62. The summed E-state index contributed by atoms with van der Waals surface area (Å²) >= 11 is 0. The van der Waals surface area contributed by atoms with Gasteiger partial charge in [0.25, 0.3) is 5.91 Å². The Morgan fingerprint density at radius 2 is 2.27 bits per heavy atom. The lowest BCUT2D eigenvalue weighted by molar-refractivity contribution is 0.0115. The van der Waals surface area contributed by atoms with Gasteiger partial charge in [-0.1, -0.05) is 3.89 Å². The summed E-state index contributed by atoms with van der Waals surface area (Å²) in [5.74, 6) is -0.633. The van der Waals surface area contributed by atoms with Gasteiger partial charge in [-0.2, -0.15) is 8.42 Å². The van der Waals surface area contributed by atoms with Crippen molar-refractivity contribution >= 4 is 16.4 Å². The highest BCUT2D eigenvalue weighted by Crippen LogP contribution is 2.30. The molecular weight excluding hydrogens is 315 g/mol. The summed E-state index contributed by atoms with van der Waals surface area (Å²) in [4.78, 5) is 15.7. The van der Waals surface area contributed by atoms with Crippen LogP contribution in [0, 0.1) is 5.92 Å². The summed E-state index contributed by atoms with van der Waals surface area (Å²) in [5, 5.41) is 2.73. The third kappa shape index (κ3) is 4.38. The first kappa shape index (κ1) is 16.6. The fourth-order valence-electron chi connectivity index (χ4n) is 2.30. The van der Waals surface area contributed by atoms with E-state index in [1.54, 1.807) is 0 Å². The number of hydrogen-bond donors (Lipinski definition) is 1. The van der Waals surface area contributed by atoms with Crippen molar-refractivity contribution in [1.29, 1.82) is 0 Å². The number of halogens is 1. The summed E-state index contributed by atoms with van der Waals surface area (Å²) in [6, 6.07) is 1.11. The van der Waals surface area contributed by atoms with E-state index in [1.807, 2.05) is 13.8 Å². The maximum Gasteiger partial charge on any atom is 0.488 e. The van der Waals surface area contributed by atoms with E-state index in [0.717, 1.165) is 18.7 Å². The summed E-state index contributed by atoms with van der Waals surface area (Å²) < 4.78 is 42.9. The molecule has 2 rings (SSSR count). The van der Waals surface area contributed by atoms with E-state index >= 15 is 0 Å². The first-order valence-electron chi connectivity index (χ1n) is 6.69. The van der Waals surface area contributed by atoms with Crippen LogP contribution in [-0.2, 0) is 15.2 Å². The summed E-state index contributed by atoms with van der Waals surface area (Å²) in [6.07, 6.45) is 3.08. The van der Waals surface area contributed by atoms with Gasteiger partial charge in [-0.25, -0.2) is 0 Å². The molecule has 1 unspecified atom stereocenters. The normalized spacial score (nSPS) is 20.6. The molecule has 1 aromatic rings. The molecule has 1 aliphatic rings. The smallest absolute Gasteiger partial charge is 0.375 e. The molecule has 0 aliphatic carbocycles. The van der Waals surface area contributed by atoms with Crippen molar-refractivity contribution in [3.8, 4) is 5.75 Å². The molecule has 122 valence electrons. The minimum absolute atomic E-state index is 0.0814. The van der Waals surface area contributed by atoms with Crippen LogP contribution in [0.3, 0.4) is 0 Å². The maximum absolute atomic E-state index is 12.5. The van der Waals surface area contributed by atoms with Gasteiger partial charge in [-0.3, -0.25) is 9.78 Å². The third-order valence-corrected chi connectivity index (χ3v) is 4.00. The van der Waals surface area contributed by atoms with Crippen molar-refractivity contribution in [3.63, 3.8) is 0 Å². The second kappa shape index (κ2) is 6.17. The van der Waals surface area contributed by atoms with E-state index in [9.17, 15) is 17.1 Å². The highest BCUT2D eigenvalue weighted by Gasteiger charge is 2.35. The van der Waals surface area contributed by atoms with Crippen LogP contribution < -0.4 is 9.50 Å². The summed E-state index contributed by atoms with van der Waals surface area (Å²) in [5.41, 5.74) is -0.225. The Labute approximate surface area is 128 Å². The molecule has 1 aromatic heterocycles. The Kier molecular flexibility index (Phi) is 4.66. The number of nitrogens with zero attached hydrogens (tertiary/aromatic N) is 1. The number of rotatable bonds is 5. The molecule has 0 radical (unpaired) electrons. The monoisotopic (exact) mass is 332 g/mol. The molecule has 9 heteroatoms. The largest absolute Gasteiger partial charge is 0.488 e. The van der Waals surface area contributed by atoms with Crippen LogP contribution in [-0.4, -0.2) is 38.1 Å². The molecule has 0 saturated carbocycles. The molecule has 1 aliphatic heterocycles. The van der Waals surface area contributed by atoms with Gasteiger partial charge in [0.2, 0.25) is 0 Å². The number of carbonyl (C=O) groups is 1. The average Bonchev–Trinajstić information content (AvgIpc) is 2.73. The molecule has 1 amide bonds. The zero-order valence-electron chi connectivity index (χ0n) is 12.2. The van der Waals surface area contributed by atoms with Gasteiger partial charge >= 0.3 is 10.5 Å². The van der Waals surface area contributed by atoms with Crippen LogP contribution in [0.4, 0.5) is 3.89 Å². The quantitative estimate of drug-likeness (QED) is 0.815. The molecule has 0 spiro atoms. The highest BCUT2D eigenvalue weighted by atomic mass is 32.3. The SMILES string of the molecule is CC1(C)OCCC1CNC(=O)c1cncc(OS(=O)(=O)F)c1. The summed E-state index contributed by atoms with van der Waals surface area (Å²) in [6.45, 7) is 4.98. The molecule has 1 fully saturated rings. The first-order valence-corrected chi connectivity index (χ1v) is 7.99. The predicted molar refractivity (Wildman–Crippen MR) is 75.4 cm³/mol. The van der Waals surface area contributed by atoms with E-state index in [0.29, 0.717) is 13.2 Å². The van der Waals surface area contributed by atoms with Crippen LogP contribution in [0.15, 0.2) is 18.5 Å². The lowest BCUT2D eigenvalue weighted by Gasteiger charge is -2.25. The minimum Gasteiger partial charge on any atom is -0.375 e. The molecule has 1 saturated heterocycles. The van der Waals surface area contributed by atoms with Gasteiger partial charge in [0.1, 0.15) is 0 Å². The zero-order valence-corrected chi connectivity index (χ0v) is 13.0. The van der Waals surface area contributed by atoms with E-state index in [-0.39, 0.29) is 22.8 Å². The van der Waals surface area contributed by atoms with Crippen LogP contribution in [0.2, 0.25) is 0 Å². The van der Waals surface area contributed by atoms with Crippen molar-refractivity contribution in [3.05, 3.63) is 24.0 Å². The lowest BCUT2D eigenvalue weighted by Crippen LogP contribution is -2.37. The van der Waals surface area contributed by atoms with E-state index in [4.69, 9.17) is 4.74 Å². The van der Waals surface area contributed by atoms with Gasteiger partial charge in [-0.15, -0.1) is 0 Å². The zero-order chi connectivity index (χ0) is 16.4. The van der Waals surface area contributed by atoms with Crippen molar-refractivity contribution in [2.24, 2.45) is 5.92 Å². The Balaban J connectivity index is 1.99. The Bertz CT molecular complexity index is 662. The number of carbonyl (C=O) groups excluding carboxylic acids is 1.